The molecule has 0 atom stereocenters. The Hall–Kier alpha value is -1.83. The molecule has 21 heavy (non-hydrogen) atoms. The Morgan fingerprint density at radius 2 is 1.81 bits per heavy atom. The molecule has 106 valence electrons. The maximum atomic E-state index is 6.39. The molecule has 1 nitrogen and oxygen atoms in total. The predicted octanol–water partition coefficient (Wildman–Crippen LogP) is 4.87. The van der Waals surface area contributed by atoms with Crippen LogP contribution in [0.2, 0.25) is 5.02 Å². The summed E-state index contributed by atoms with van der Waals surface area (Å²) < 4.78 is 0. The standard InChI is InChI=1S/C19H18ClN/c1-21-13-5-9-16-15-7-3-2-6-14(15)11-12-18-17(16)8-4-10-19(18)20/h2-4,6-12,21H,5,13H2,1H3. The first-order valence-corrected chi connectivity index (χ1v) is 7.60. The Kier molecular flexibility index (Phi) is 4.23. The minimum absolute atomic E-state index is 0.802. The van der Waals surface area contributed by atoms with Crippen LogP contribution in [0.3, 0.4) is 0 Å². The van der Waals surface area contributed by atoms with E-state index in [-0.39, 0.29) is 0 Å². The lowest BCUT2D eigenvalue weighted by molar-refractivity contribution is 0.808. The van der Waals surface area contributed by atoms with Gasteiger partial charge in [-0.05, 0) is 48.3 Å². The van der Waals surface area contributed by atoms with Crippen LogP contribution in [0.15, 0.2) is 48.5 Å². The highest BCUT2D eigenvalue weighted by Gasteiger charge is 2.15. The monoisotopic (exact) mass is 295 g/mol. The smallest absolute Gasteiger partial charge is 0.0484 e. The van der Waals surface area contributed by atoms with Crippen LogP contribution in [0.4, 0.5) is 0 Å². The van der Waals surface area contributed by atoms with E-state index in [1.165, 1.54) is 22.3 Å². The Morgan fingerprint density at radius 1 is 1.00 bits per heavy atom. The molecule has 0 aliphatic heterocycles. The van der Waals surface area contributed by atoms with Gasteiger partial charge >= 0.3 is 0 Å². The van der Waals surface area contributed by atoms with Crippen molar-refractivity contribution in [3.8, 4) is 0 Å². The van der Waals surface area contributed by atoms with Crippen molar-refractivity contribution in [3.63, 3.8) is 0 Å². The number of rotatable bonds is 3. The first-order chi connectivity index (χ1) is 10.3. The van der Waals surface area contributed by atoms with Crippen molar-refractivity contribution in [2.24, 2.45) is 0 Å². The predicted molar refractivity (Wildman–Crippen MR) is 92.4 cm³/mol. The fourth-order valence-electron chi connectivity index (χ4n) is 2.73. The average Bonchev–Trinajstić information content (AvgIpc) is 2.66. The summed E-state index contributed by atoms with van der Waals surface area (Å²) >= 11 is 6.39. The van der Waals surface area contributed by atoms with Gasteiger partial charge in [0.05, 0.1) is 0 Å². The maximum absolute atomic E-state index is 6.39. The summed E-state index contributed by atoms with van der Waals surface area (Å²) in [4.78, 5) is 0. The molecule has 1 aliphatic carbocycles. The highest BCUT2D eigenvalue weighted by atomic mass is 35.5. The van der Waals surface area contributed by atoms with Crippen LogP contribution < -0.4 is 5.32 Å². The minimum atomic E-state index is 0.802. The van der Waals surface area contributed by atoms with Crippen molar-refractivity contribution in [1.82, 2.24) is 5.32 Å². The number of nitrogens with one attached hydrogen (secondary N) is 1. The number of hydrogen-bond donors (Lipinski definition) is 1. The van der Waals surface area contributed by atoms with Gasteiger partial charge < -0.3 is 5.32 Å². The fourth-order valence-corrected chi connectivity index (χ4v) is 2.97. The Bertz CT molecular complexity index is 713. The van der Waals surface area contributed by atoms with Gasteiger partial charge in [-0.25, -0.2) is 0 Å². The molecule has 1 aliphatic rings. The average molecular weight is 296 g/mol. The Balaban J connectivity index is 2.20. The van der Waals surface area contributed by atoms with E-state index in [1.807, 2.05) is 19.2 Å². The van der Waals surface area contributed by atoms with Gasteiger partial charge in [0.15, 0.2) is 0 Å². The molecular formula is C19H18ClN. The number of benzene rings is 2. The normalized spacial score (nSPS) is 14.7. The molecular weight excluding hydrogens is 278 g/mol. The molecule has 2 aromatic carbocycles. The molecule has 0 saturated carbocycles. The van der Waals surface area contributed by atoms with Gasteiger partial charge in [0, 0.05) is 10.6 Å². The van der Waals surface area contributed by atoms with Crippen molar-refractivity contribution in [3.05, 3.63) is 75.8 Å². The van der Waals surface area contributed by atoms with E-state index in [1.54, 1.807) is 0 Å². The fraction of sp³-hybridized carbons (Fsp3) is 0.158. The first kappa shape index (κ1) is 14.1. The van der Waals surface area contributed by atoms with Crippen LogP contribution in [0.5, 0.6) is 0 Å². The minimum Gasteiger partial charge on any atom is -0.319 e. The molecule has 0 aromatic heterocycles. The lowest BCUT2D eigenvalue weighted by Crippen LogP contribution is -2.06. The van der Waals surface area contributed by atoms with Crippen LogP contribution in [0, 0.1) is 0 Å². The molecule has 0 bridgehead atoms. The van der Waals surface area contributed by atoms with Crippen LogP contribution >= 0.6 is 11.6 Å². The van der Waals surface area contributed by atoms with E-state index >= 15 is 0 Å². The Morgan fingerprint density at radius 3 is 2.67 bits per heavy atom. The lowest BCUT2D eigenvalue weighted by atomic mass is 9.93. The van der Waals surface area contributed by atoms with E-state index in [2.05, 4.69) is 53.9 Å². The zero-order chi connectivity index (χ0) is 14.7. The molecule has 1 N–H and O–H groups in total. The highest BCUT2D eigenvalue weighted by Crippen LogP contribution is 2.36. The van der Waals surface area contributed by atoms with Crippen molar-refractivity contribution < 1.29 is 0 Å². The van der Waals surface area contributed by atoms with E-state index in [9.17, 15) is 0 Å². The Labute approximate surface area is 131 Å². The number of hydrogen-bond acceptors (Lipinski definition) is 1. The summed E-state index contributed by atoms with van der Waals surface area (Å²) in [5.74, 6) is 0. The van der Waals surface area contributed by atoms with Crippen molar-refractivity contribution in [2.45, 2.75) is 6.42 Å². The second kappa shape index (κ2) is 6.30. The van der Waals surface area contributed by atoms with Crippen molar-refractivity contribution >= 4 is 29.3 Å². The van der Waals surface area contributed by atoms with E-state index in [4.69, 9.17) is 11.6 Å². The summed E-state index contributed by atoms with van der Waals surface area (Å²) in [5, 5.41) is 4.00. The third kappa shape index (κ3) is 2.80. The number of halogens is 1. The second-order valence-electron chi connectivity index (χ2n) is 5.13. The van der Waals surface area contributed by atoms with Crippen molar-refractivity contribution in [2.75, 3.05) is 13.6 Å². The summed E-state index contributed by atoms with van der Waals surface area (Å²) in [7, 11) is 1.98. The molecule has 2 aromatic rings. The number of fused-ring (bicyclic) bond motifs is 2. The zero-order valence-corrected chi connectivity index (χ0v) is 12.8. The quantitative estimate of drug-likeness (QED) is 0.680. The van der Waals surface area contributed by atoms with Crippen LogP contribution in [0.25, 0.3) is 17.7 Å². The topological polar surface area (TPSA) is 12.0 Å². The SMILES string of the molecule is CNCCC=C1c2ccccc2C=Cc2c(Cl)cccc21. The molecule has 3 rings (SSSR count). The van der Waals surface area contributed by atoms with E-state index < -0.39 is 0 Å². The summed E-state index contributed by atoms with van der Waals surface area (Å²) in [5.41, 5.74) is 6.08. The molecule has 0 radical (unpaired) electrons. The highest BCUT2D eigenvalue weighted by molar-refractivity contribution is 6.32. The lowest BCUT2D eigenvalue weighted by Gasteiger charge is -2.13. The maximum Gasteiger partial charge on any atom is 0.0484 e. The van der Waals surface area contributed by atoms with Crippen LogP contribution in [-0.2, 0) is 0 Å². The second-order valence-corrected chi connectivity index (χ2v) is 5.54. The van der Waals surface area contributed by atoms with Gasteiger partial charge in [0.1, 0.15) is 0 Å². The van der Waals surface area contributed by atoms with Gasteiger partial charge in [-0.1, -0.05) is 66.2 Å². The molecule has 2 heteroatoms. The summed E-state index contributed by atoms with van der Waals surface area (Å²) in [6, 6.07) is 14.6. The molecule has 0 heterocycles. The van der Waals surface area contributed by atoms with Crippen LogP contribution in [0.1, 0.15) is 28.7 Å². The van der Waals surface area contributed by atoms with Gasteiger partial charge in [0.2, 0.25) is 0 Å². The first-order valence-electron chi connectivity index (χ1n) is 7.22. The third-order valence-electron chi connectivity index (χ3n) is 3.77. The summed E-state index contributed by atoms with van der Waals surface area (Å²) in [6.07, 6.45) is 7.57. The van der Waals surface area contributed by atoms with Crippen LogP contribution in [-0.4, -0.2) is 13.6 Å². The molecule has 0 unspecified atom stereocenters. The van der Waals surface area contributed by atoms with Gasteiger partial charge in [-0.3, -0.25) is 0 Å². The molecule has 0 amide bonds. The summed E-state index contributed by atoms with van der Waals surface area (Å²) in [6.45, 7) is 0.967. The molecule has 0 fully saturated rings. The third-order valence-corrected chi connectivity index (χ3v) is 4.10. The molecule has 0 saturated heterocycles. The zero-order valence-electron chi connectivity index (χ0n) is 12.1. The van der Waals surface area contributed by atoms with Gasteiger partial charge in [-0.2, -0.15) is 0 Å². The van der Waals surface area contributed by atoms with Gasteiger partial charge in [-0.15, -0.1) is 0 Å². The molecule has 0 spiro atoms. The van der Waals surface area contributed by atoms with E-state index in [0.29, 0.717) is 0 Å². The largest absolute Gasteiger partial charge is 0.319 e. The van der Waals surface area contributed by atoms with Crippen molar-refractivity contribution in [1.29, 1.82) is 0 Å². The van der Waals surface area contributed by atoms with E-state index in [0.717, 1.165) is 23.6 Å². The van der Waals surface area contributed by atoms with Gasteiger partial charge in [0.25, 0.3) is 0 Å².